The number of rotatable bonds is 5. The second-order valence-corrected chi connectivity index (χ2v) is 5.30. The first-order chi connectivity index (χ1) is 12.0. The molecule has 0 aliphatic heterocycles. The van der Waals surface area contributed by atoms with E-state index in [2.05, 4.69) is 4.98 Å². The molecule has 1 heterocycles. The fourth-order valence-electron chi connectivity index (χ4n) is 2.21. The van der Waals surface area contributed by atoms with Crippen molar-refractivity contribution in [2.75, 3.05) is 6.61 Å². The van der Waals surface area contributed by atoms with E-state index in [4.69, 9.17) is 9.15 Å². The normalized spacial score (nSPS) is 10.5. The molecule has 3 aromatic rings. The minimum absolute atomic E-state index is 0.0192. The Balaban J connectivity index is 1.68. The highest BCUT2D eigenvalue weighted by molar-refractivity contribution is 5.99. The molecule has 0 saturated carbocycles. The average Bonchev–Trinajstić information content (AvgIpc) is 3.02. The number of benzene rings is 2. The highest BCUT2D eigenvalue weighted by atomic mass is 19.1. The van der Waals surface area contributed by atoms with Crippen molar-refractivity contribution in [1.82, 2.24) is 4.98 Å². The molecular weight excluding hydrogens is 325 g/mol. The standard InChI is InChI=1S/C19H14FNO4/c1-12-17(21-18(25-12)14-5-3-2-4-6-14)19(23)24-11-16(22)13-7-9-15(20)10-8-13/h2-10H,11H2,1H3. The lowest BCUT2D eigenvalue weighted by Crippen LogP contribution is -2.15. The first-order valence-electron chi connectivity index (χ1n) is 7.53. The van der Waals surface area contributed by atoms with Crippen LogP contribution >= 0.6 is 0 Å². The number of ketones is 1. The molecule has 0 atom stereocenters. The van der Waals surface area contributed by atoms with Crippen LogP contribution in [0, 0.1) is 12.7 Å². The van der Waals surface area contributed by atoms with Crippen molar-refractivity contribution in [3.05, 3.63) is 77.4 Å². The second-order valence-electron chi connectivity index (χ2n) is 5.30. The smallest absolute Gasteiger partial charge is 0.361 e. The molecule has 0 aliphatic carbocycles. The third-order valence-electron chi connectivity index (χ3n) is 3.51. The molecule has 5 nitrogen and oxygen atoms in total. The predicted molar refractivity (Wildman–Crippen MR) is 87.7 cm³/mol. The summed E-state index contributed by atoms with van der Waals surface area (Å²) in [6.45, 7) is 1.13. The largest absolute Gasteiger partial charge is 0.452 e. The Bertz CT molecular complexity index is 901. The van der Waals surface area contributed by atoms with Crippen LogP contribution in [0.5, 0.6) is 0 Å². The Hall–Kier alpha value is -3.28. The van der Waals surface area contributed by atoms with Crippen LogP contribution in [-0.4, -0.2) is 23.3 Å². The summed E-state index contributed by atoms with van der Waals surface area (Å²) < 4.78 is 23.3. The number of carbonyl (C=O) groups is 2. The molecule has 0 bridgehead atoms. The van der Waals surface area contributed by atoms with Crippen molar-refractivity contribution in [2.24, 2.45) is 0 Å². The monoisotopic (exact) mass is 339 g/mol. The summed E-state index contributed by atoms with van der Waals surface area (Å²) in [6.07, 6.45) is 0. The minimum atomic E-state index is -0.751. The second kappa shape index (κ2) is 7.09. The molecule has 0 radical (unpaired) electrons. The maximum Gasteiger partial charge on any atom is 0.361 e. The minimum Gasteiger partial charge on any atom is -0.452 e. The number of ether oxygens (including phenoxy) is 1. The van der Waals surface area contributed by atoms with Gasteiger partial charge < -0.3 is 9.15 Å². The zero-order chi connectivity index (χ0) is 17.8. The lowest BCUT2D eigenvalue weighted by Gasteiger charge is -2.03. The number of Topliss-reactive ketones (excluding diaryl/α,β-unsaturated/α-hetero) is 1. The zero-order valence-electron chi connectivity index (χ0n) is 13.4. The van der Waals surface area contributed by atoms with Gasteiger partial charge in [-0.1, -0.05) is 18.2 Å². The van der Waals surface area contributed by atoms with E-state index in [1.165, 1.54) is 24.3 Å². The van der Waals surface area contributed by atoms with Crippen molar-refractivity contribution < 1.29 is 23.1 Å². The van der Waals surface area contributed by atoms with Crippen molar-refractivity contribution in [3.63, 3.8) is 0 Å². The number of carbonyl (C=O) groups excluding carboxylic acids is 2. The van der Waals surface area contributed by atoms with Crippen LogP contribution in [0.15, 0.2) is 59.0 Å². The van der Waals surface area contributed by atoms with Crippen molar-refractivity contribution in [1.29, 1.82) is 0 Å². The SMILES string of the molecule is Cc1oc(-c2ccccc2)nc1C(=O)OCC(=O)c1ccc(F)cc1. The summed E-state index contributed by atoms with van der Waals surface area (Å²) in [5, 5.41) is 0. The summed E-state index contributed by atoms with van der Waals surface area (Å²) in [4.78, 5) is 28.2. The number of hydrogen-bond donors (Lipinski definition) is 0. The first kappa shape index (κ1) is 16.6. The number of oxazole rings is 1. The number of aromatic nitrogens is 1. The van der Waals surface area contributed by atoms with Gasteiger partial charge >= 0.3 is 5.97 Å². The molecule has 1 aromatic heterocycles. The molecule has 126 valence electrons. The zero-order valence-corrected chi connectivity index (χ0v) is 13.4. The van der Waals surface area contributed by atoms with Gasteiger partial charge in [-0.25, -0.2) is 14.2 Å². The van der Waals surface area contributed by atoms with Gasteiger partial charge in [0.1, 0.15) is 11.6 Å². The molecule has 0 fully saturated rings. The summed E-state index contributed by atoms with van der Waals surface area (Å²) in [7, 11) is 0. The van der Waals surface area contributed by atoms with Gasteiger partial charge in [0.05, 0.1) is 0 Å². The summed E-state index contributed by atoms with van der Waals surface area (Å²) in [5.41, 5.74) is 1.01. The molecule has 0 aliphatic rings. The lowest BCUT2D eigenvalue weighted by atomic mass is 10.1. The van der Waals surface area contributed by atoms with E-state index < -0.39 is 24.2 Å². The summed E-state index contributed by atoms with van der Waals surface area (Å²) >= 11 is 0. The molecule has 25 heavy (non-hydrogen) atoms. The van der Waals surface area contributed by atoms with Crippen molar-refractivity contribution >= 4 is 11.8 Å². The molecule has 6 heteroatoms. The molecule has 0 saturated heterocycles. The third-order valence-corrected chi connectivity index (χ3v) is 3.51. The maximum absolute atomic E-state index is 12.9. The van der Waals surface area contributed by atoms with Crippen LogP contribution in [-0.2, 0) is 4.74 Å². The van der Waals surface area contributed by atoms with Crippen LogP contribution in [0.1, 0.15) is 26.6 Å². The summed E-state index contributed by atoms with van der Waals surface area (Å²) in [6, 6.07) is 14.1. The van der Waals surface area contributed by atoms with Gasteiger partial charge in [0.2, 0.25) is 5.89 Å². The van der Waals surface area contributed by atoms with Crippen LogP contribution in [0.3, 0.4) is 0 Å². The van der Waals surface area contributed by atoms with Gasteiger partial charge in [0.25, 0.3) is 0 Å². The molecular formula is C19H14FNO4. The molecule has 0 amide bonds. The number of nitrogens with zero attached hydrogens (tertiary/aromatic N) is 1. The van der Waals surface area contributed by atoms with E-state index in [1.54, 1.807) is 19.1 Å². The van der Waals surface area contributed by atoms with E-state index in [-0.39, 0.29) is 11.3 Å². The quantitative estimate of drug-likeness (QED) is 0.522. The van der Waals surface area contributed by atoms with Crippen molar-refractivity contribution in [2.45, 2.75) is 6.92 Å². The molecule has 3 rings (SSSR count). The first-order valence-corrected chi connectivity index (χ1v) is 7.53. The highest BCUT2D eigenvalue weighted by Crippen LogP contribution is 2.21. The molecule has 2 aromatic carbocycles. The number of esters is 1. The topological polar surface area (TPSA) is 69.4 Å². The Labute approximate surface area is 143 Å². The Kier molecular flexibility index (Phi) is 4.70. The van der Waals surface area contributed by atoms with Gasteiger partial charge in [0, 0.05) is 11.1 Å². The van der Waals surface area contributed by atoms with Gasteiger partial charge in [0.15, 0.2) is 18.1 Å². The predicted octanol–water partition coefficient (Wildman–Crippen LogP) is 3.83. The van der Waals surface area contributed by atoms with E-state index in [0.29, 0.717) is 11.7 Å². The highest BCUT2D eigenvalue weighted by Gasteiger charge is 2.20. The van der Waals surface area contributed by atoms with Gasteiger partial charge in [-0.05, 0) is 43.3 Å². The number of aryl methyl sites for hydroxylation is 1. The van der Waals surface area contributed by atoms with E-state index >= 15 is 0 Å². The fourth-order valence-corrected chi connectivity index (χ4v) is 2.21. The third kappa shape index (κ3) is 3.80. The van der Waals surface area contributed by atoms with Crippen molar-refractivity contribution in [3.8, 4) is 11.5 Å². The van der Waals surface area contributed by atoms with Gasteiger partial charge in [-0.2, -0.15) is 0 Å². The summed E-state index contributed by atoms with van der Waals surface area (Å²) in [5.74, 6) is -1.02. The van der Waals surface area contributed by atoms with E-state index in [0.717, 1.165) is 5.56 Å². The molecule has 0 N–H and O–H groups in total. The fraction of sp³-hybridized carbons (Fsp3) is 0.105. The molecule has 0 spiro atoms. The Morgan fingerprint density at radius 2 is 1.76 bits per heavy atom. The Morgan fingerprint density at radius 1 is 1.08 bits per heavy atom. The van der Waals surface area contributed by atoms with Gasteiger partial charge in [-0.3, -0.25) is 4.79 Å². The molecule has 0 unspecified atom stereocenters. The van der Waals surface area contributed by atoms with Crippen LogP contribution in [0.2, 0.25) is 0 Å². The van der Waals surface area contributed by atoms with Crippen LogP contribution < -0.4 is 0 Å². The number of halogens is 1. The lowest BCUT2D eigenvalue weighted by molar-refractivity contribution is 0.0468. The average molecular weight is 339 g/mol. The van der Waals surface area contributed by atoms with E-state index in [1.807, 2.05) is 18.2 Å². The van der Waals surface area contributed by atoms with Crippen LogP contribution in [0.25, 0.3) is 11.5 Å². The Morgan fingerprint density at radius 3 is 2.44 bits per heavy atom. The number of hydrogen-bond acceptors (Lipinski definition) is 5. The van der Waals surface area contributed by atoms with Gasteiger partial charge in [-0.15, -0.1) is 0 Å². The van der Waals surface area contributed by atoms with E-state index in [9.17, 15) is 14.0 Å². The maximum atomic E-state index is 12.9. The van der Waals surface area contributed by atoms with Crippen LogP contribution in [0.4, 0.5) is 4.39 Å².